The summed E-state index contributed by atoms with van der Waals surface area (Å²) < 4.78 is 0. The van der Waals surface area contributed by atoms with Gasteiger partial charge in [-0.25, -0.2) is 15.0 Å². The van der Waals surface area contributed by atoms with Crippen molar-refractivity contribution in [2.24, 2.45) is 0 Å². The summed E-state index contributed by atoms with van der Waals surface area (Å²) in [5.41, 5.74) is 8.24. The molecule has 3 amide bonds. The number of nitrogen functional groups attached to an aromatic ring is 1. The molecule has 3 atom stereocenters. The first kappa shape index (κ1) is 28.3. The van der Waals surface area contributed by atoms with Gasteiger partial charge in [-0.1, -0.05) is 30.3 Å². The van der Waals surface area contributed by atoms with Crippen LogP contribution in [-0.4, -0.2) is 79.5 Å². The zero-order valence-electron chi connectivity index (χ0n) is 22.9. The van der Waals surface area contributed by atoms with Gasteiger partial charge in [0.25, 0.3) is 0 Å². The van der Waals surface area contributed by atoms with Gasteiger partial charge in [-0.15, -0.1) is 11.3 Å². The van der Waals surface area contributed by atoms with Crippen LogP contribution in [0.5, 0.6) is 0 Å². The number of anilines is 1. The predicted molar refractivity (Wildman–Crippen MR) is 153 cm³/mol. The molecule has 12 heteroatoms. The molecule has 0 spiro atoms. The van der Waals surface area contributed by atoms with Crippen LogP contribution in [0, 0.1) is 6.92 Å². The van der Waals surface area contributed by atoms with Crippen LogP contribution in [0.1, 0.15) is 52.4 Å². The summed E-state index contributed by atoms with van der Waals surface area (Å²) in [7, 11) is 0. The van der Waals surface area contributed by atoms with Gasteiger partial charge in [-0.2, -0.15) is 0 Å². The molecule has 2 aliphatic heterocycles. The minimum absolute atomic E-state index is 0.0517. The fourth-order valence-electron chi connectivity index (χ4n) is 5.61. The summed E-state index contributed by atoms with van der Waals surface area (Å²) in [5.74, 6) is -0.828. The van der Waals surface area contributed by atoms with Crippen LogP contribution in [0.25, 0.3) is 0 Å². The molecule has 3 N–H and O–H groups in total. The topological polar surface area (TPSA) is 151 Å². The van der Waals surface area contributed by atoms with E-state index in [1.54, 1.807) is 27.4 Å². The maximum Gasteiger partial charge on any atom is 0.243 e. The number of hydrogen-bond acceptors (Lipinski definition) is 9. The van der Waals surface area contributed by atoms with Gasteiger partial charge in [-0.05, 0) is 50.7 Å². The van der Waals surface area contributed by atoms with Crippen molar-refractivity contribution in [1.29, 1.82) is 0 Å². The minimum Gasteiger partial charge on any atom is -0.368 e. The van der Waals surface area contributed by atoms with E-state index in [1.165, 1.54) is 11.3 Å². The number of carbonyl (C=O) groups excluding carboxylic acids is 4. The van der Waals surface area contributed by atoms with E-state index in [-0.39, 0.29) is 48.5 Å². The number of amides is 3. The smallest absolute Gasteiger partial charge is 0.243 e. The van der Waals surface area contributed by atoms with Crippen LogP contribution in [0.15, 0.2) is 48.0 Å². The van der Waals surface area contributed by atoms with Gasteiger partial charge < -0.3 is 20.9 Å². The number of nitrogens with one attached hydrogen (secondary N) is 1. The van der Waals surface area contributed by atoms with Gasteiger partial charge in [0.1, 0.15) is 6.04 Å². The van der Waals surface area contributed by atoms with Crippen LogP contribution in [0.2, 0.25) is 0 Å². The lowest BCUT2D eigenvalue weighted by molar-refractivity contribution is -0.151. The SMILES string of the molecule is Cc1cc(CCC(NC(=O)C2CC[C@H]3CN(C(=O)CCc4ccccc4)CC(=O)N23)C(=O)c2nccs2)nc(N)n1. The van der Waals surface area contributed by atoms with Crippen LogP contribution < -0.4 is 11.1 Å². The van der Waals surface area contributed by atoms with Gasteiger partial charge in [0.15, 0.2) is 5.01 Å². The number of nitrogens with zero attached hydrogens (tertiary/aromatic N) is 5. The molecule has 0 bridgehead atoms. The maximum atomic E-state index is 13.5. The van der Waals surface area contributed by atoms with Gasteiger partial charge in [0.2, 0.25) is 29.5 Å². The molecule has 2 aliphatic rings. The van der Waals surface area contributed by atoms with Crippen LogP contribution >= 0.6 is 11.3 Å². The molecule has 2 aromatic heterocycles. The first-order chi connectivity index (χ1) is 19.8. The number of thiazole rings is 1. The number of rotatable bonds is 10. The normalized spacial score (nSPS) is 19.1. The van der Waals surface area contributed by atoms with E-state index in [9.17, 15) is 19.2 Å². The Morgan fingerprint density at radius 1 is 1.15 bits per heavy atom. The van der Waals surface area contributed by atoms with Crippen LogP contribution in [0.4, 0.5) is 5.95 Å². The van der Waals surface area contributed by atoms with E-state index in [0.29, 0.717) is 55.0 Å². The Labute approximate surface area is 242 Å². The first-order valence-electron chi connectivity index (χ1n) is 13.8. The van der Waals surface area contributed by atoms with Gasteiger partial charge in [0.05, 0.1) is 18.6 Å². The van der Waals surface area contributed by atoms with Crippen molar-refractivity contribution in [2.75, 3.05) is 18.8 Å². The molecular formula is C29H33N7O4S. The second-order valence-electron chi connectivity index (χ2n) is 10.5. The Balaban J connectivity index is 1.22. The third-order valence-corrected chi connectivity index (χ3v) is 8.35. The highest BCUT2D eigenvalue weighted by molar-refractivity contribution is 7.11. The number of fused-ring (bicyclic) bond motifs is 1. The number of aryl methyl sites for hydroxylation is 3. The molecule has 2 unspecified atom stereocenters. The highest BCUT2D eigenvalue weighted by Crippen LogP contribution is 2.29. The summed E-state index contributed by atoms with van der Waals surface area (Å²) in [6, 6.07) is 9.79. The number of hydrogen-bond donors (Lipinski definition) is 2. The number of carbonyl (C=O) groups is 4. The molecule has 0 aliphatic carbocycles. The minimum atomic E-state index is -0.847. The van der Waals surface area contributed by atoms with E-state index in [4.69, 9.17) is 5.73 Å². The molecule has 3 aromatic rings. The van der Waals surface area contributed by atoms with Crippen LogP contribution in [0.3, 0.4) is 0 Å². The molecule has 5 rings (SSSR count). The number of aromatic nitrogens is 3. The fraction of sp³-hybridized carbons (Fsp3) is 0.414. The van der Waals surface area contributed by atoms with E-state index < -0.39 is 12.1 Å². The molecule has 214 valence electrons. The Morgan fingerprint density at radius 3 is 2.68 bits per heavy atom. The number of nitrogens with two attached hydrogens (primary N) is 1. The van der Waals surface area contributed by atoms with Crippen molar-refractivity contribution < 1.29 is 19.2 Å². The molecule has 0 saturated carbocycles. The third-order valence-electron chi connectivity index (χ3n) is 7.56. The molecule has 1 aromatic carbocycles. The molecule has 41 heavy (non-hydrogen) atoms. The number of ketones is 1. The summed E-state index contributed by atoms with van der Waals surface area (Å²) in [6.45, 7) is 2.16. The van der Waals surface area contributed by atoms with Crippen molar-refractivity contribution >= 4 is 40.8 Å². The molecule has 11 nitrogen and oxygen atoms in total. The standard InChI is InChI=1S/C29H33N7O4S/c1-18-15-20(33-29(30)32-18)8-10-22(26(39)28-31-13-14-41-28)34-27(40)23-11-9-21-16-35(17-25(38)36(21)23)24(37)12-7-19-5-3-2-4-6-19/h2-6,13-15,21-23H,7-12,16-17H2,1H3,(H,34,40)(H2,30,32,33)/t21-,22?,23?/m0/s1. The zero-order valence-corrected chi connectivity index (χ0v) is 23.7. The molecule has 0 radical (unpaired) electrons. The average molecular weight is 576 g/mol. The van der Waals surface area contributed by atoms with E-state index >= 15 is 0 Å². The molecule has 2 fully saturated rings. The Hall–Kier alpha value is -4.19. The quantitative estimate of drug-likeness (QED) is 0.348. The first-order valence-corrected chi connectivity index (χ1v) is 14.6. The van der Waals surface area contributed by atoms with Gasteiger partial charge in [-0.3, -0.25) is 19.2 Å². The second kappa shape index (κ2) is 12.5. The number of Topliss-reactive ketones (excluding diaryl/α,β-unsaturated/α-hetero) is 1. The fourth-order valence-corrected chi connectivity index (χ4v) is 6.25. The third kappa shape index (κ3) is 6.76. The monoisotopic (exact) mass is 575 g/mol. The number of benzene rings is 1. The lowest BCUT2D eigenvalue weighted by Crippen LogP contribution is -2.60. The highest BCUT2D eigenvalue weighted by Gasteiger charge is 2.46. The number of piperazine rings is 1. The van der Waals surface area contributed by atoms with Crippen molar-refractivity contribution in [3.63, 3.8) is 0 Å². The predicted octanol–water partition coefficient (Wildman–Crippen LogP) is 1.96. The van der Waals surface area contributed by atoms with Crippen molar-refractivity contribution in [3.8, 4) is 0 Å². The molecule has 4 heterocycles. The van der Waals surface area contributed by atoms with Crippen molar-refractivity contribution in [3.05, 3.63) is 69.9 Å². The van der Waals surface area contributed by atoms with Crippen molar-refractivity contribution in [2.45, 2.75) is 63.6 Å². The largest absolute Gasteiger partial charge is 0.368 e. The van der Waals surface area contributed by atoms with E-state index in [0.717, 1.165) is 5.56 Å². The maximum absolute atomic E-state index is 13.5. The van der Waals surface area contributed by atoms with Gasteiger partial charge in [0, 0.05) is 35.9 Å². The average Bonchev–Trinajstić information content (AvgIpc) is 3.64. The molecular weight excluding hydrogens is 542 g/mol. The Morgan fingerprint density at radius 2 is 1.95 bits per heavy atom. The summed E-state index contributed by atoms with van der Waals surface area (Å²) in [6.07, 6.45) is 4.24. The second-order valence-corrected chi connectivity index (χ2v) is 11.4. The van der Waals surface area contributed by atoms with Crippen molar-refractivity contribution in [1.82, 2.24) is 30.1 Å². The highest BCUT2D eigenvalue weighted by atomic mass is 32.1. The Bertz CT molecular complexity index is 1400. The summed E-state index contributed by atoms with van der Waals surface area (Å²) >= 11 is 1.21. The van der Waals surface area contributed by atoms with Gasteiger partial charge >= 0.3 is 0 Å². The lowest BCUT2D eigenvalue weighted by Gasteiger charge is -2.39. The molecule has 2 saturated heterocycles. The Kier molecular flexibility index (Phi) is 8.67. The lowest BCUT2D eigenvalue weighted by atomic mass is 10.0. The summed E-state index contributed by atoms with van der Waals surface area (Å²) in [4.78, 5) is 68.6. The van der Waals surface area contributed by atoms with E-state index in [2.05, 4.69) is 20.3 Å². The van der Waals surface area contributed by atoms with E-state index in [1.807, 2.05) is 37.3 Å². The summed E-state index contributed by atoms with van der Waals surface area (Å²) in [5, 5.41) is 4.91. The zero-order chi connectivity index (χ0) is 28.9. The van der Waals surface area contributed by atoms with Crippen LogP contribution in [-0.2, 0) is 27.2 Å².